The van der Waals surface area contributed by atoms with E-state index >= 15 is 0 Å². The minimum atomic E-state index is -4.83. The number of phenolic OH excluding ortho intramolecular Hbond substituents is 1. The number of alkyl halides is 3. The number of carbonyl (C=O) groups excluding carboxylic acids is 1. The fraction of sp³-hybridized carbons (Fsp3) is 0.667. The minimum absolute atomic E-state index is 0.149. The lowest BCUT2D eigenvalue weighted by Gasteiger charge is -2.66. The third-order valence-electron chi connectivity index (χ3n) is 8.82. The van der Waals surface area contributed by atoms with E-state index in [9.17, 15) is 23.1 Å². The monoisotopic (exact) mass is 392 g/mol. The molecule has 2 N–H and O–H groups in total. The summed E-state index contributed by atoms with van der Waals surface area (Å²) < 4.78 is 40.2. The zero-order valence-corrected chi connectivity index (χ0v) is 15.4. The first-order chi connectivity index (χ1) is 13.3. The van der Waals surface area contributed by atoms with Crippen molar-refractivity contribution in [2.24, 2.45) is 17.3 Å². The van der Waals surface area contributed by atoms with E-state index in [0.717, 1.165) is 41.8 Å². The molecule has 0 aromatic heterocycles. The van der Waals surface area contributed by atoms with E-state index in [0.29, 0.717) is 30.7 Å². The second kappa shape index (κ2) is 5.04. The molecule has 2 heterocycles. The van der Waals surface area contributed by atoms with Gasteiger partial charge < -0.3 is 15.3 Å². The number of nitrogens with one attached hydrogen (secondary N) is 1. The van der Waals surface area contributed by atoms with Crippen LogP contribution in [0.2, 0.25) is 0 Å². The van der Waals surface area contributed by atoms with Crippen LogP contribution in [0.4, 0.5) is 13.2 Å². The molecule has 2 saturated carbocycles. The van der Waals surface area contributed by atoms with Gasteiger partial charge in [-0.15, -0.1) is 0 Å². The summed E-state index contributed by atoms with van der Waals surface area (Å²) in [5.41, 5.74) is 1.61. The molecule has 0 radical (unpaired) electrons. The number of phenols is 1. The predicted octanol–water partition coefficient (Wildman–Crippen LogP) is 2.74. The van der Waals surface area contributed by atoms with Crippen LogP contribution < -0.4 is 5.32 Å². The van der Waals surface area contributed by atoms with Crippen LogP contribution >= 0.6 is 0 Å². The molecule has 1 aromatic carbocycles. The highest BCUT2D eigenvalue weighted by molar-refractivity contribution is 5.83. The summed E-state index contributed by atoms with van der Waals surface area (Å²) in [7, 11) is 0. The Kier molecular flexibility index (Phi) is 3.08. The van der Waals surface area contributed by atoms with Crippen molar-refractivity contribution in [2.45, 2.75) is 55.8 Å². The smallest absolute Gasteiger partial charge is 0.471 e. The van der Waals surface area contributed by atoms with Crippen LogP contribution in [0.1, 0.15) is 36.8 Å². The van der Waals surface area contributed by atoms with Crippen LogP contribution in [0.25, 0.3) is 0 Å². The van der Waals surface area contributed by atoms with Crippen molar-refractivity contribution >= 4 is 5.91 Å². The number of hydrogen-bond acceptors (Lipinski definition) is 3. The highest BCUT2D eigenvalue weighted by atomic mass is 19.4. The Labute approximate surface area is 161 Å². The summed E-state index contributed by atoms with van der Waals surface area (Å²) in [4.78, 5) is 13.5. The largest absolute Gasteiger partial charge is 0.508 e. The molecule has 2 saturated heterocycles. The van der Waals surface area contributed by atoms with Crippen LogP contribution in [0.5, 0.6) is 5.75 Å². The van der Waals surface area contributed by atoms with Crippen LogP contribution in [-0.2, 0) is 16.6 Å². The average molecular weight is 392 g/mol. The van der Waals surface area contributed by atoms with Crippen LogP contribution in [-0.4, -0.2) is 47.3 Å². The number of fused-ring (bicyclic) bond motifs is 1. The molecule has 1 amide bonds. The van der Waals surface area contributed by atoms with Gasteiger partial charge in [0.2, 0.25) is 0 Å². The number of benzene rings is 1. The Morgan fingerprint density at radius 2 is 2.11 bits per heavy atom. The SMILES string of the molecule is O=C(N1CCC23c4cc(O)ccc4C[C@@H]1C21CCC2NCC(C1)[C@@H]23)C(F)(F)F. The lowest BCUT2D eigenvalue weighted by atomic mass is 9.43. The molecule has 3 aliphatic carbocycles. The first kappa shape index (κ1) is 17.1. The van der Waals surface area contributed by atoms with Gasteiger partial charge in [-0.2, -0.15) is 13.2 Å². The fourth-order valence-electron chi connectivity index (χ4n) is 8.26. The Morgan fingerprint density at radius 1 is 1.29 bits per heavy atom. The molecule has 4 fully saturated rings. The lowest BCUT2D eigenvalue weighted by molar-refractivity contribution is -0.199. The van der Waals surface area contributed by atoms with Gasteiger partial charge in [0.25, 0.3) is 0 Å². The third-order valence-corrected chi connectivity index (χ3v) is 8.82. The van der Waals surface area contributed by atoms with E-state index in [-0.39, 0.29) is 23.1 Å². The van der Waals surface area contributed by atoms with E-state index in [1.165, 1.54) is 0 Å². The molecular formula is C21H23F3N2O2. The Hall–Kier alpha value is -1.76. The number of hydrogen-bond donors (Lipinski definition) is 2. The molecule has 6 atom stereocenters. The van der Waals surface area contributed by atoms with Gasteiger partial charge in [-0.1, -0.05) is 6.07 Å². The maximum Gasteiger partial charge on any atom is 0.471 e. The Bertz CT molecular complexity index is 887. The van der Waals surface area contributed by atoms with Crippen molar-refractivity contribution in [1.29, 1.82) is 0 Å². The van der Waals surface area contributed by atoms with Crippen LogP contribution in [0, 0.1) is 17.3 Å². The van der Waals surface area contributed by atoms with Crippen LogP contribution in [0.15, 0.2) is 18.2 Å². The number of rotatable bonds is 0. The molecule has 0 spiro atoms. The van der Waals surface area contributed by atoms with E-state index in [1.54, 1.807) is 6.07 Å². The molecule has 7 heteroatoms. The van der Waals surface area contributed by atoms with Gasteiger partial charge in [-0.25, -0.2) is 0 Å². The van der Waals surface area contributed by atoms with Gasteiger partial charge in [0.15, 0.2) is 0 Å². The van der Waals surface area contributed by atoms with Crippen molar-refractivity contribution in [3.8, 4) is 5.75 Å². The molecule has 6 rings (SSSR count). The number of piperidine rings is 1. The standard InChI is InChI=1S/C21H23F3N2O2/c22-21(23,24)18(28)26-6-5-20-14-8-13(27)2-1-11(14)7-16(26)19(20)4-3-15-17(20)12(9-19)10-25-15/h1-2,8,12,15-17,25,27H,3-7,9-10H2/t12?,15?,16-,17+,19?,20?/m1/s1. The summed E-state index contributed by atoms with van der Waals surface area (Å²) in [6, 6.07) is 5.33. The molecule has 4 nitrogen and oxygen atoms in total. The van der Waals surface area contributed by atoms with Gasteiger partial charge in [0, 0.05) is 29.5 Å². The number of amides is 1. The number of likely N-dealkylation sites (tertiary alicyclic amines) is 1. The van der Waals surface area contributed by atoms with Gasteiger partial charge in [0.05, 0.1) is 0 Å². The number of aromatic hydroxyl groups is 1. The highest BCUT2D eigenvalue weighted by Crippen LogP contribution is 2.74. The first-order valence-electron chi connectivity index (χ1n) is 10.2. The number of nitrogens with zero attached hydrogens (tertiary/aromatic N) is 1. The molecular weight excluding hydrogens is 369 g/mol. The first-order valence-corrected chi connectivity index (χ1v) is 10.2. The third kappa shape index (κ3) is 1.76. The van der Waals surface area contributed by atoms with Crippen molar-refractivity contribution in [2.75, 3.05) is 13.1 Å². The Morgan fingerprint density at radius 3 is 2.89 bits per heavy atom. The lowest BCUT2D eigenvalue weighted by Crippen LogP contribution is -2.71. The second-order valence-corrected chi connectivity index (χ2v) is 9.48. The maximum atomic E-state index is 13.4. The van der Waals surface area contributed by atoms with E-state index in [4.69, 9.17) is 0 Å². The highest BCUT2D eigenvalue weighted by Gasteiger charge is 2.75. The summed E-state index contributed by atoms with van der Waals surface area (Å²) >= 11 is 0. The van der Waals surface area contributed by atoms with E-state index in [1.807, 2.05) is 12.1 Å². The van der Waals surface area contributed by atoms with Crippen LogP contribution in [0.3, 0.4) is 0 Å². The minimum Gasteiger partial charge on any atom is -0.508 e. The predicted molar refractivity (Wildman–Crippen MR) is 94.7 cm³/mol. The molecule has 28 heavy (non-hydrogen) atoms. The fourth-order valence-corrected chi connectivity index (χ4v) is 8.26. The zero-order chi connectivity index (χ0) is 19.5. The van der Waals surface area contributed by atoms with E-state index in [2.05, 4.69) is 5.32 Å². The molecule has 4 unspecified atom stereocenters. The molecule has 4 bridgehead atoms. The maximum absolute atomic E-state index is 13.4. The summed E-state index contributed by atoms with van der Waals surface area (Å²) in [5, 5.41) is 13.9. The topological polar surface area (TPSA) is 52.6 Å². The van der Waals surface area contributed by atoms with Gasteiger partial charge in [0.1, 0.15) is 5.75 Å². The Balaban J connectivity index is 1.58. The summed E-state index contributed by atoms with van der Waals surface area (Å²) in [6.45, 7) is 1.06. The molecule has 2 aliphatic heterocycles. The zero-order valence-electron chi connectivity index (χ0n) is 15.4. The number of halogens is 3. The second-order valence-electron chi connectivity index (χ2n) is 9.48. The summed E-state index contributed by atoms with van der Waals surface area (Å²) in [5.74, 6) is -0.641. The molecule has 1 aromatic rings. The van der Waals surface area contributed by atoms with Crippen molar-refractivity contribution in [3.05, 3.63) is 29.3 Å². The summed E-state index contributed by atoms with van der Waals surface area (Å²) in [6.07, 6.45) is -1.14. The van der Waals surface area contributed by atoms with Gasteiger partial charge >= 0.3 is 12.1 Å². The van der Waals surface area contributed by atoms with Gasteiger partial charge in [-0.05, 0) is 73.7 Å². The average Bonchev–Trinajstić information content (AvgIpc) is 3.11. The van der Waals surface area contributed by atoms with E-state index < -0.39 is 18.1 Å². The van der Waals surface area contributed by atoms with Gasteiger partial charge in [-0.3, -0.25) is 4.79 Å². The normalized spacial score (nSPS) is 42.9. The van der Waals surface area contributed by atoms with Crippen molar-refractivity contribution in [3.63, 3.8) is 0 Å². The molecule has 150 valence electrons. The molecule has 5 aliphatic rings. The van der Waals surface area contributed by atoms with Crippen molar-refractivity contribution in [1.82, 2.24) is 10.2 Å². The quantitative estimate of drug-likeness (QED) is 0.714. The number of carbonyl (C=O) groups is 1. The van der Waals surface area contributed by atoms with Crippen molar-refractivity contribution < 1.29 is 23.1 Å².